The van der Waals surface area contributed by atoms with E-state index in [2.05, 4.69) is 20.6 Å². The summed E-state index contributed by atoms with van der Waals surface area (Å²) in [5.41, 5.74) is 6.43. The molecule has 2 aromatic heterocycles. The average molecular weight is 417 g/mol. The van der Waals surface area contributed by atoms with Crippen LogP contribution in [0.2, 0.25) is 0 Å². The minimum atomic E-state index is -0.255. The number of nitrogens with one attached hydrogen (secondary N) is 2. The number of anilines is 1. The van der Waals surface area contributed by atoms with E-state index in [4.69, 9.17) is 16.6 Å². The molecule has 0 radical (unpaired) electrons. The first-order valence-corrected chi connectivity index (χ1v) is 9.84. The largest absolute Gasteiger partial charge is 0.434 e. The lowest BCUT2D eigenvalue weighted by atomic mass is 10.1. The minimum absolute atomic E-state index is 0.220. The quantitative estimate of drug-likeness (QED) is 0.461. The second-order valence-electron chi connectivity index (χ2n) is 7.08. The third-order valence-electron chi connectivity index (χ3n) is 4.89. The van der Waals surface area contributed by atoms with Crippen molar-refractivity contribution in [1.82, 2.24) is 15.3 Å². The summed E-state index contributed by atoms with van der Waals surface area (Å²) in [5, 5.41) is 6.05. The number of pyridine rings is 1. The van der Waals surface area contributed by atoms with Gasteiger partial charge in [0.05, 0.1) is 0 Å². The zero-order valence-corrected chi connectivity index (χ0v) is 17.6. The fraction of sp³-hybridized carbons (Fsp3) is 0.130. The molecule has 2 heterocycles. The molecule has 30 heavy (non-hydrogen) atoms. The van der Waals surface area contributed by atoms with Crippen LogP contribution in [0.25, 0.3) is 22.7 Å². The maximum Gasteiger partial charge on any atom is 0.257 e. The predicted molar refractivity (Wildman–Crippen MR) is 122 cm³/mol. The van der Waals surface area contributed by atoms with E-state index in [0.717, 1.165) is 27.9 Å². The van der Waals surface area contributed by atoms with Gasteiger partial charge in [-0.05, 0) is 86.1 Å². The highest BCUT2D eigenvalue weighted by Crippen LogP contribution is 2.27. The smallest absolute Gasteiger partial charge is 0.257 e. The number of amides is 1. The van der Waals surface area contributed by atoms with Crippen LogP contribution >= 0.6 is 12.2 Å². The van der Waals surface area contributed by atoms with Crippen LogP contribution in [0.1, 0.15) is 27.0 Å². The standard InChI is InChI=1S/C23H20N4O2S/c1-13-6-8-16(11-15(13)3)21(28)27-23(30)25-18-12-17(9-7-14(18)2)22-26-20-19(29-22)5-4-10-24-20/h4-12H,1-3H3,(H2,25,27,28,30). The molecule has 0 bridgehead atoms. The van der Waals surface area contributed by atoms with Gasteiger partial charge in [-0.2, -0.15) is 4.98 Å². The number of oxazole rings is 1. The average Bonchev–Trinajstić information content (AvgIpc) is 3.16. The first-order chi connectivity index (χ1) is 14.4. The van der Waals surface area contributed by atoms with E-state index in [9.17, 15) is 4.79 Å². The van der Waals surface area contributed by atoms with Crippen molar-refractivity contribution in [1.29, 1.82) is 0 Å². The van der Waals surface area contributed by atoms with Crippen molar-refractivity contribution >= 4 is 40.2 Å². The van der Waals surface area contributed by atoms with Crippen molar-refractivity contribution < 1.29 is 9.21 Å². The number of thiocarbonyl (C=S) groups is 1. The van der Waals surface area contributed by atoms with E-state index in [0.29, 0.717) is 22.7 Å². The molecule has 4 aromatic rings. The SMILES string of the molecule is Cc1ccc(C(=O)NC(=S)Nc2cc(-c3nc4ncccc4o3)ccc2C)cc1C. The Hall–Kier alpha value is -3.58. The Morgan fingerprint density at radius 3 is 2.57 bits per heavy atom. The molecule has 7 heteroatoms. The molecule has 6 nitrogen and oxygen atoms in total. The van der Waals surface area contributed by atoms with E-state index in [1.54, 1.807) is 18.3 Å². The van der Waals surface area contributed by atoms with Gasteiger partial charge in [-0.15, -0.1) is 0 Å². The summed E-state index contributed by atoms with van der Waals surface area (Å²) in [6.07, 6.45) is 1.67. The molecule has 2 aromatic carbocycles. The molecule has 0 saturated carbocycles. The van der Waals surface area contributed by atoms with Crippen molar-refractivity contribution in [2.24, 2.45) is 0 Å². The molecule has 0 fully saturated rings. The second kappa shape index (κ2) is 8.04. The summed E-state index contributed by atoms with van der Waals surface area (Å²) < 4.78 is 5.79. The molecule has 0 aliphatic carbocycles. The number of carbonyl (C=O) groups is 1. The van der Waals surface area contributed by atoms with Crippen LogP contribution in [0.5, 0.6) is 0 Å². The Morgan fingerprint density at radius 2 is 1.80 bits per heavy atom. The molecule has 0 unspecified atom stereocenters. The third kappa shape index (κ3) is 4.06. The maximum atomic E-state index is 12.5. The molecular weight excluding hydrogens is 396 g/mol. The lowest BCUT2D eigenvalue weighted by Gasteiger charge is -2.13. The second-order valence-corrected chi connectivity index (χ2v) is 7.49. The Bertz CT molecular complexity index is 1250. The van der Waals surface area contributed by atoms with Gasteiger partial charge in [0.25, 0.3) is 5.91 Å². The van der Waals surface area contributed by atoms with Crippen molar-refractivity contribution in [2.75, 3.05) is 5.32 Å². The highest BCUT2D eigenvalue weighted by atomic mass is 32.1. The van der Waals surface area contributed by atoms with Gasteiger partial charge in [0.1, 0.15) is 0 Å². The number of hydrogen-bond acceptors (Lipinski definition) is 5. The van der Waals surface area contributed by atoms with Gasteiger partial charge >= 0.3 is 0 Å². The van der Waals surface area contributed by atoms with Crippen LogP contribution in [0.15, 0.2) is 59.1 Å². The molecule has 0 saturated heterocycles. The summed E-state index contributed by atoms with van der Waals surface area (Å²) in [6.45, 7) is 5.93. The molecule has 2 N–H and O–H groups in total. The Labute approximate surface area is 179 Å². The number of aryl methyl sites for hydroxylation is 3. The van der Waals surface area contributed by atoms with Gasteiger partial charge in [-0.25, -0.2) is 4.98 Å². The molecule has 0 spiro atoms. The van der Waals surface area contributed by atoms with Gasteiger partial charge in [-0.1, -0.05) is 12.1 Å². The first-order valence-electron chi connectivity index (χ1n) is 9.43. The highest BCUT2D eigenvalue weighted by Gasteiger charge is 2.13. The van der Waals surface area contributed by atoms with Gasteiger partial charge in [0.2, 0.25) is 5.89 Å². The van der Waals surface area contributed by atoms with E-state index >= 15 is 0 Å². The lowest BCUT2D eigenvalue weighted by Crippen LogP contribution is -2.34. The number of carbonyl (C=O) groups excluding carboxylic acids is 1. The van der Waals surface area contributed by atoms with Crippen molar-refractivity contribution in [2.45, 2.75) is 20.8 Å². The van der Waals surface area contributed by atoms with Crippen LogP contribution in [-0.4, -0.2) is 21.0 Å². The number of aromatic nitrogens is 2. The summed E-state index contributed by atoms with van der Waals surface area (Å²) in [4.78, 5) is 21.1. The van der Waals surface area contributed by atoms with E-state index in [-0.39, 0.29) is 11.0 Å². The summed E-state index contributed by atoms with van der Waals surface area (Å²) in [6, 6.07) is 14.9. The van der Waals surface area contributed by atoms with Gasteiger partial charge in [0.15, 0.2) is 16.3 Å². The van der Waals surface area contributed by atoms with E-state index in [1.807, 2.05) is 57.2 Å². The fourth-order valence-corrected chi connectivity index (χ4v) is 3.20. The van der Waals surface area contributed by atoms with Gasteiger partial charge in [-0.3, -0.25) is 10.1 Å². The third-order valence-corrected chi connectivity index (χ3v) is 5.10. The van der Waals surface area contributed by atoms with Crippen LogP contribution in [0.3, 0.4) is 0 Å². The Balaban J connectivity index is 1.52. The summed E-state index contributed by atoms with van der Waals surface area (Å²) in [7, 11) is 0. The minimum Gasteiger partial charge on any atom is -0.434 e. The number of rotatable bonds is 3. The van der Waals surface area contributed by atoms with E-state index < -0.39 is 0 Å². The Morgan fingerprint density at radius 1 is 1.00 bits per heavy atom. The number of fused-ring (bicyclic) bond motifs is 1. The monoisotopic (exact) mass is 416 g/mol. The molecule has 1 amide bonds. The van der Waals surface area contributed by atoms with Crippen molar-refractivity contribution in [3.05, 3.63) is 77.0 Å². The molecule has 0 atom stereocenters. The number of nitrogens with zero attached hydrogens (tertiary/aromatic N) is 2. The summed E-state index contributed by atoms with van der Waals surface area (Å²) >= 11 is 5.35. The lowest BCUT2D eigenvalue weighted by molar-refractivity contribution is 0.0977. The molecule has 0 aliphatic heterocycles. The highest BCUT2D eigenvalue weighted by molar-refractivity contribution is 7.80. The van der Waals surface area contributed by atoms with Gasteiger partial charge in [0, 0.05) is 23.0 Å². The zero-order valence-electron chi connectivity index (χ0n) is 16.8. The fourth-order valence-electron chi connectivity index (χ4n) is 2.99. The van der Waals surface area contributed by atoms with Crippen molar-refractivity contribution in [3.63, 3.8) is 0 Å². The Kier molecular flexibility index (Phi) is 5.29. The topological polar surface area (TPSA) is 80.0 Å². The molecule has 150 valence electrons. The van der Waals surface area contributed by atoms with Gasteiger partial charge < -0.3 is 9.73 Å². The maximum absolute atomic E-state index is 12.5. The van der Waals surface area contributed by atoms with E-state index in [1.165, 1.54) is 0 Å². The zero-order chi connectivity index (χ0) is 21.3. The van der Waals surface area contributed by atoms with Crippen LogP contribution in [-0.2, 0) is 0 Å². The van der Waals surface area contributed by atoms with Crippen LogP contribution in [0, 0.1) is 20.8 Å². The molecular formula is C23H20N4O2S. The van der Waals surface area contributed by atoms with Crippen LogP contribution in [0.4, 0.5) is 5.69 Å². The summed E-state index contributed by atoms with van der Waals surface area (Å²) in [5.74, 6) is 0.214. The molecule has 4 rings (SSSR count). The molecule has 0 aliphatic rings. The van der Waals surface area contributed by atoms with Crippen molar-refractivity contribution in [3.8, 4) is 11.5 Å². The van der Waals surface area contributed by atoms with Crippen LogP contribution < -0.4 is 10.6 Å². The number of hydrogen-bond donors (Lipinski definition) is 2. The normalized spacial score (nSPS) is 10.8. The first kappa shape index (κ1) is 19.7. The number of benzene rings is 2. The predicted octanol–water partition coefficient (Wildman–Crippen LogP) is 4.94.